The van der Waals surface area contributed by atoms with E-state index < -0.39 is 5.54 Å². The van der Waals surface area contributed by atoms with Crippen LogP contribution in [0.4, 0.5) is 0 Å². The summed E-state index contributed by atoms with van der Waals surface area (Å²) in [6.45, 7) is 1.72. The lowest BCUT2D eigenvalue weighted by molar-refractivity contribution is -0.130. The van der Waals surface area contributed by atoms with Crippen LogP contribution in [0.15, 0.2) is 0 Å². The van der Waals surface area contributed by atoms with E-state index in [4.69, 9.17) is 0 Å². The molecule has 1 saturated heterocycles. The molecule has 0 aromatic heterocycles. The quantitative estimate of drug-likeness (QED) is 0.618. The van der Waals surface area contributed by atoms with Crippen molar-refractivity contribution in [3.63, 3.8) is 0 Å². The number of aliphatic hydroxyl groups is 1. The first-order chi connectivity index (χ1) is 7.26. The second-order valence-electron chi connectivity index (χ2n) is 4.84. The van der Waals surface area contributed by atoms with Crippen molar-refractivity contribution in [2.75, 3.05) is 19.7 Å². The summed E-state index contributed by atoms with van der Waals surface area (Å²) < 4.78 is 0. The highest BCUT2D eigenvalue weighted by Gasteiger charge is 2.36. The van der Waals surface area contributed by atoms with E-state index in [2.05, 4.69) is 10.6 Å². The normalized spacial score (nSPS) is 32.1. The van der Waals surface area contributed by atoms with Gasteiger partial charge in [0.05, 0.1) is 12.1 Å². The smallest absolute Gasteiger partial charge is 0.223 e. The Morgan fingerprint density at radius 2 is 2.27 bits per heavy atom. The summed E-state index contributed by atoms with van der Waals surface area (Å²) in [4.78, 5) is 11.8. The fourth-order valence-corrected chi connectivity index (χ4v) is 2.28. The molecule has 15 heavy (non-hydrogen) atoms. The average molecular weight is 212 g/mol. The highest BCUT2D eigenvalue weighted by Crippen LogP contribution is 2.27. The third kappa shape index (κ3) is 2.32. The third-order valence-corrected chi connectivity index (χ3v) is 3.64. The number of piperidine rings is 1. The van der Waals surface area contributed by atoms with Crippen LogP contribution in [0.2, 0.25) is 0 Å². The molecule has 1 aliphatic carbocycles. The molecule has 2 fully saturated rings. The maximum Gasteiger partial charge on any atom is 0.223 e. The molecule has 3 N–H and O–H groups in total. The number of aliphatic hydroxyl groups excluding tert-OH is 1. The topological polar surface area (TPSA) is 61.4 Å². The van der Waals surface area contributed by atoms with Gasteiger partial charge in [-0.2, -0.15) is 0 Å². The van der Waals surface area contributed by atoms with Crippen molar-refractivity contribution < 1.29 is 9.90 Å². The van der Waals surface area contributed by atoms with Gasteiger partial charge in [-0.15, -0.1) is 0 Å². The predicted octanol–water partition coefficient (Wildman–Crippen LogP) is 0.0172. The van der Waals surface area contributed by atoms with Crippen LogP contribution >= 0.6 is 0 Å². The first kappa shape index (κ1) is 10.9. The van der Waals surface area contributed by atoms with Crippen LogP contribution in [0.1, 0.15) is 32.1 Å². The zero-order valence-corrected chi connectivity index (χ0v) is 9.09. The maximum absolute atomic E-state index is 11.8. The largest absolute Gasteiger partial charge is 0.394 e. The highest BCUT2D eigenvalue weighted by molar-refractivity contribution is 5.80. The molecule has 0 bridgehead atoms. The van der Waals surface area contributed by atoms with Crippen LogP contribution in [-0.4, -0.2) is 36.2 Å². The van der Waals surface area contributed by atoms with Crippen molar-refractivity contribution in [2.24, 2.45) is 5.92 Å². The van der Waals surface area contributed by atoms with E-state index in [1.165, 1.54) is 6.42 Å². The lowest BCUT2D eigenvalue weighted by Crippen LogP contribution is -2.61. The number of carbonyl (C=O) groups is 1. The fourth-order valence-electron chi connectivity index (χ4n) is 2.28. The van der Waals surface area contributed by atoms with Gasteiger partial charge in [-0.1, -0.05) is 6.42 Å². The van der Waals surface area contributed by atoms with E-state index in [-0.39, 0.29) is 18.4 Å². The lowest BCUT2D eigenvalue weighted by Gasteiger charge is -2.39. The van der Waals surface area contributed by atoms with Crippen molar-refractivity contribution in [3.05, 3.63) is 0 Å². The van der Waals surface area contributed by atoms with Crippen molar-refractivity contribution in [1.29, 1.82) is 0 Å². The number of rotatable bonds is 3. The van der Waals surface area contributed by atoms with Crippen LogP contribution in [-0.2, 0) is 4.79 Å². The summed E-state index contributed by atoms with van der Waals surface area (Å²) >= 11 is 0. The molecule has 4 heteroatoms. The monoisotopic (exact) mass is 212 g/mol. The maximum atomic E-state index is 11.8. The molecule has 1 saturated carbocycles. The van der Waals surface area contributed by atoms with Gasteiger partial charge < -0.3 is 15.7 Å². The van der Waals surface area contributed by atoms with Gasteiger partial charge in [0.2, 0.25) is 5.91 Å². The Hall–Kier alpha value is -0.610. The molecule has 0 spiro atoms. The van der Waals surface area contributed by atoms with Gasteiger partial charge in [0, 0.05) is 12.5 Å². The summed E-state index contributed by atoms with van der Waals surface area (Å²) in [5, 5.41) is 15.7. The summed E-state index contributed by atoms with van der Waals surface area (Å²) in [5.41, 5.74) is -0.398. The van der Waals surface area contributed by atoms with Gasteiger partial charge >= 0.3 is 0 Å². The molecular weight excluding hydrogens is 192 g/mol. The van der Waals surface area contributed by atoms with Crippen LogP contribution < -0.4 is 10.6 Å². The standard InChI is InChI=1S/C11H20N2O2/c14-8-11(5-2-6-12-7-11)13-10(15)9-3-1-4-9/h9,12,14H,1-8H2,(H,13,15). The van der Waals surface area contributed by atoms with Crippen LogP contribution in [0.5, 0.6) is 0 Å². The van der Waals surface area contributed by atoms with Gasteiger partial charge in [-0.05, 0) is 32.2 Å². The summed E-state index contributed by atoms with van der Waals surface area (Å²) in [7, 11) is 0. The molecule has 0 radical (unpaired) electrons. The second-order valence-corrected chi connectivity index (χ2v) is 4.84. The number of hydrogen-bond donors (Lipinski definition) is 3. The summed E-state index contributed by atoms with van der Waals surface area (Å²) in [5.74, 6) is 0.342. The van der Waals surface area contributed by atoms with Crippen molar-refractivity contribution in [3.8, 4) is 0 Å². The van der Waals surface area contributed by atoms with Gasteiger partial charge in [0.15, 0.2) is 0 Å². The summed E-state index contributed by atoms with van der Waals surface area (Å²) in [6.07, 6.45) is 5.10. The zero-order chi connectivity index (χ0) is 10.7. The van der Waals surface area contributed by atoms with E-state index >= 15 is 0 Å². The second kappa shape index (κ2) is 4.49. The number of hydrogen-bond acceptors (Lipinski definition) is 3. The molecule has 1 aliphatic heterocycles. The SMILES string of the molecule is O=C(NC1(CO)CCCNC1)C1CCC1. The summed E-state index contributed by atoms with van der Waals surface area (Å²) in [6, 6.07) is 0. The van der Waals surface area contributed by atoms with E-state index in [0.29, 0.717) is 6.54 Å². The van der Waals surface area contributed by atoms with E-state index in [9.17, 15) is 9.90 Å². The van der Waals surface area contributed by atoms with Gasteiger partial charge in [-0.25, -0.2) is 0 Å². The van der Waals surface area contributed by atoms with E-state index in [0.717, 1.165) is 32.2 Å². The van der Waals surface area contributed by atoms with Crippen molar-refractivity contribution >= 4 is 5.91 Å². The fraction of sp³-hybridized carbons (Fsp3) is 0.909. The van der Waals surface area contributed by atoms with Crippen LogP contribution in [0.25, 0.3) is 0 Å². The minimum Gasteiger partial charge on any atom is -0.394 e. The molecule has 1 unspecified atom stereocenters. The molecular formula is C11H20N2O2. The Labute approximate surface area is 90.4 Å². The Balaban J connectivity index is 1.90. The minimum absolute atomic E-state index is 0.0401. The van der Waals surface area contributed by atoms with E-state index in [1.807, 2.05) is 0 Å². The number of nitrogens with one attached hydrogen (secondary N) is 2. The van der Waals surface area contributed by atoms with Gasteiger partial charge in [0.25, 0.3) is 0 Å². The molecule has 2 aliphatic rings. The number of carbonyl (C=O) groups excluding carboxylic acids is 1. The van der Waals surface area contributed by atoms with E-state index in [1.54, 1.807) is 0 Å². The first-order valence-corrected chi connectivity index (χ1v) is 5.89. The Morgan fingerprint density at radius 1 is 1.47 bits per heavy atom. The van der Waals surface area contributed by atoms with Gasteiger partial charge in [0.1, 0.15) is 0 Å². The van der Waals surface area contributed by atoms with Gasteiger partial charge in [-0.3, -0.25) is 4.79 Å². The molecule has 0 aromatic carbocycles. The molecule has 4 nitrogen and oxygen atoms in total. The Kier molecular flexibility index (Phi) is 3.26. The predicted molar refractivity (Wildman–Crippen MR) is 57.4 cm³/mol. The molecule has 86 valence electrons. The lowest BCUT2D eigenvalue weighted by atomic mass is 9.83. The van der Waals surface area contributed by atoms with Crippen molar-refractivity contribution in [1.82, 2.24) is 10.6 Å². The first-order valence-electron chi connectivity index (χ1n) is 5.89. The third-order valence-electron chi connectivity index (χ3n) is 3.64. The molecule has 1 heterocycles. The molecule has 1 amide bonds. The van der Waals surface area contributed by atoms with Crippen LogP contribution in [0.3, 0.4) is 0 Å². The Bertz CT molecular complexity index is 233. The zero-order valence-electron chi connectivity index (χ0n) is 9.09. The average Bonchev–Trinajstić information content (AvgIpc) is 2.16. The molecule has 2 rings (SSSR count). The molecule has 1 atom stereocenters. The highest BCUT2D eigenvalue weighted by atomic mass is 16.3. The van der Waals surface area contributed by atoms with Crippen LogP contribution in [0, 0.1) is 5.92 Å². The van der Waals surface area contributed by atoms with Crippen molar-refractivity contribution in [2.45, 2.75) is 37.6 Å². The number of amides is 1. The minimum atomic E-state index is -0.398. The molecule has 0 aromatic rings. The Morgan fingerprint density at radius 3 is 2.73 bits per heavy atom.